The molecule has 1 aliphatic carbocycles. The quantitative estimate of drug-likeness (QED) is 0.888. The van der Waals surface area contributed by atoms with Crippen molar-refractivity contribution in [2.45, 2.75) is 62.8 Å². The number of pyridine rings is 1. The van der Waals surface area contributed by atoms with Crippen LogP contribution in [-0.2, 0) is 15.9 Å². The van der Waals surface area contributed by atoms with E-state index in [9.17, 15) is 0 Å². The van der Waals surface area contributed by atoms with E-state index in [0.29, 0.717) is 12.1 Å². The van der Waals surface area contributed by atoms with Crippen LogP contribution in [0.25, 0.3) is 0 Å². The molecule has 1 N–H and O–H groups in total. The second-order valence-electron chi connectivity index (χ2n) is 7.77. The number of nitrogens with zero attached hydrogens (tertiary/aromatic N) is 2. The van der Waals surface area contributed by atoms with Crippen LogP contribution < -0.4 is 5.32 Å². The molecule has 5 heteroatoms. The van der Waals surface area contributed by atoms with Crippen LogP contribution in [0, 0.1) is 0 Å². The highest BCUT2D eigenvalue weighted by molar-refractivity contribution is 5.10. The van der Waals surface area contributed by atoms with Crippen LogP contribution in [0.5, 0.6) is 0 Å². The molecule has 2 saturated heterocycles. The van der Waals surface area contributed by atoms with Gasteiger partial charge < -0.3 is 19.7 Å². The van der Waals surface area contributed by atoms with Crippen molar-refractivity contribution in [3.63, 3.8) is 0 Å². The molecule has 138 valence electrons. The zero-order valence-corrected chi connectivity index (χ0v) is 15.2. The molecule has 0 radical (unpaired) electrons. The largest absolute Gasteiger partial charge is 0.348 e. The summed E-state index contributed by atoms with van der Waals surface area (Å²) in [7, 11) is 0. The molecule has 5 nitrogen and oxygen atoms in total. The van der Waals surface area contributed by atoms with Gasteiger partial charge in [-0.3, -0.25) is 4.98 Å². The summed E-state index contributed by atoms with van der Waals surface area (Å²) in [5.74, 6) is -0.228. The molecule has 3 fully saturated rings. The van der Waals surface area contributed by atoms with Crippen molar-refractivity contribution in [3.05, 3.63) is 30.1 Å². The summed E-state index contributed by atoms with van der Waals surface area (Å²) in [5, 5.41) is 3.91. The van der Waals surface area contributed by atoms with Crippen molar-refractivity contribution >= 4 is 0 Å². The maximum absolute atomic E-state index is 5.84. The zero-order valence-electron chi connectivity index (χ0n) is 15.2. The Morgan fingerprint density at radius 2 is 1.64 bits per heavy atom. The SMILES string of the molecule is c1cc(CCN2CCC(NC3CCC4(CC3)OCCO4)CC2)ccn1. The minimum Gasteiger partial charge on any atom is -0.348 e. The molecule has 25 heavy (non-hydrogen) atoms. The van der Waals surface area contributed by atoms with E-state index < -0.39 is 0 Å². The fourth-order valence-corrected chi connectivity index (χ4v) is 4.50. The van der Waals surface area contributed by atoms with Gasteiger partial charge in [0.25, 0.3) is 0 Å². The van der Waals surface area contributed by atoms with Gasteiger partial charge in [-0.1, -0.05) is 0 Å². The molecular weight excluding hydrogens is 314 g/mol. The maximum Gasteiger partial charge on any atom is 0.168 e. The standard InChI is InChI=1S/C20H31N3O2/c1-8-20(24-15-16-25-20)9-2-18(1)22-19-6-13-23(14-7-19)12-5-17-3-10-21-11-4-17/h3-4,10-11,18-19,22H,1-2,5-9,12-16H2. The third kappa shape index (κ3) is 4.59. The van der Waals surface area contributed by atoms with Crippen LogP contribution in [0.2, 0.25) is 0 Å². The fraction of sp³-hybridized carbons (Fsp3) is 0.750. The number of piperidine rings is 1. The van der Waals surface area contributed by atoms with E-state index in [4.69, 9.17) is 9.47 Å². The van der Waals surface area contributed by atoms with Crippen LogP contribution in [0.4, 0.5) is 0 Å². The Morgan fingerprint density at radius 3 is 2.32 bits per heavy atom. The number of nitrogens with one attached hydrogen (secondary N) is 1. The molecule has 4 rings (SSSR count). The normalized spacial score (nSPS) is 25.6. The van der Waals surface area contributed by atoms with E-state index in [-0.39, 0.29) is 5.79 Å². The lowest BCUT2D eigenvalue weighted by Gasteiger charge is -2.39. The lowest BCUT2D eigenvalue weighted by Crippen LogP contribution is -2.49. The van der Waals surface area contributed by atoms with Crippen molar-refractivity contribution in [1.82, 2.24) is 15.2 Å². The van der Waals surface area contributed by atoms with Crippen LogP contribution in [-0.4, -0.2) is 60.6 Å². The molecular formula is C20H31N3O2. The molecule has 0 aromatic carbocycles. The topological polar surface area (TPSA) is 46.6 Å². The number of aromatic nitrogens is 1. The Hall–Kier alpha value is -1.01. The maximum atomic E-state index is 5.84. The highest BCUT2D eigenvalue weighted by Gasteiger charge is 2.40. The number of hydrogen-bond donors (Lipinski definition) is 1. The van der Waals surface area contributed by atoms with Crippen molar-refractivity contribution in [3.8, 4) is 0 Å². The minimum absolute atomic E-state index is 0.228. The van der Waals surface area contributed by atoms with Gasteiger partial charge in [0.2, 0.25) is 0 Å². The third-order valence-electron chi connectivity index (χ3n) is 6.09. The smallest absolute Gasteiger partial charge is 0.168 e. The molecule has 1 aromatic heterocycles. The van der Waals surface area contributed by atoms with Gasteiger partial charge >= 0.3 is 0 Å². The second-order valence-corrected chi connectivity index (χ2v) is 7.77. The average Bonchev–Trinajstić information content (AvgIpc) is 3.12. The lowest BCUT2D eigenvalue weighted by molar-refractivity contribution is -0.179. The number of ether oxygens (including phenoxy) is 2. The average molecular weight is 345 g/mol. The van der Waals surface area contributed by atoms with E-state index in [1.165, 1.54) is 44.3 Å². The molecule has 1 spiro atoms. The molecule has 0 atom stereocenters. The van der Waals surface area contributed by atoms with Crippen molar-refractivity contribution < 1.29 is 9.47 Å². The van der Waals surface area contributed by atoms with Gasteiger partial charge in [0.05, 0.1) is 13.2 Å². The first-order valence-electron chi connectivity index (χ1n) is 9.97. The summed E-state index contributed by atoms with van der Waals surface area (Å²) in [6.07, 6.45) is 11.9. The second kappa shape index (κ2) is 8.12. The summed E-state index contributed by atoms with van der Waals surface area (Å²) in [6, 6.07) is 5.58. The van der Waals surface area contributed by atoms with E-state index in [2.05, 4.69) is 27.3 Å². The van der Waals surface area contributed by atoms with Gasteiger partial charge in [-0.05, 0) is 62.9 Å². The Balaban J connectivity index is 1.14. The Kier molecular flexibility index (Phi) is 5.66. The van der Waals surface area contributed by atoms with Gasteiger partial charge in [-0.2, -0.15) is 0 Å². The molecule has 2 aliphatic heterocycles. The lowest BCUT2D eigenvalue weighted by atomic mass is 9.89. The molecule has 0 bridgehead atoms. The van der Waals surface area contributed by atoms with Crippen LogP contribution in [0.3, 0.4) is 0 Å². The minimum atomic E-state index is -0.228. The van der Waals surface area contributed by atoms with Crippen molar-refractivity contribution in [2.24, 2.45) is 0 Å². The Labute approximate surface area is 151 Å². The zero-order chi connectivity index (χ0) is 17.0. The van der Waals surface area contributed by atoms with E-state index >= 15 is 0 Å². The van der Waals surface area contributed by atoms with Crippen molar-refractivity contribution in [1.29, 1.82) is 0 Å². The first kappa shape index (κ1) is 17.4. The van der Waals surface area contributed by atoms with Gasteiger partial charge in [0.15, 0.2) is 5.79 Å². The van der Waals surface area contributed by atoms with Gasteiger partial charge in [0.1, 0.15) is 0 Å². The number of rotatable bonds is 5. The summed E-state index contributed by atoms with van der Waals surface area (Å²) in [5.41, 5.74) is 1.39. The summed E-state index contributed by atoms with van der Waals surface area (Å²) >= 11 is 0. The predicted octanol–water partition coefficient (Wildman–Crippen LogP) is 2.36. The summed E-state index contributed by atoms with van der Waals surface area (Å²) < 4.78 is 11.7. The van der Waals surface area contributed by atoms with Crippen LogP contribution >= 0.6 is 0 Å². The first-order chi connectivity index (χ1) is 12.3. The molecule has 0 amide bonds. The van der Waals surface area contributed by atoms with Gasteiger partial charge in [-0.25, -0.2) is 0 Å². The first-order valence-corrected chi connectivity index (χ1v) is 9.97. The van der Waals surface area contributed by atoms with Gasteiger partial charge in [0, 0.05) is 43.9 Å². The van der Waals surface area contributed by atoms with E-state index in [0.717, 1.165) is 39.0 Å². The Bertz CT molecular complexity index is 515. The number of likely N-dealkylation sites (tertiary alicyclic amines) is 1. The number of hydrogen-bond acceptors (Lipinski definition) is 5. The van der Waals surface area contributed by atoms with E-state index in [1.807, 2.05) is 12.4 Å². The van der Waals surface area contributed by atoms with E-state index in [1.54, 1.807) is 0 Å². The fourth-order valence-electron chi connectivity index (χ4n) is 4.50. The Morgan fingerprint density at radius 1 is 1.00 bits per heavy atom. The molecule has 1 saturated carbocycles. The molecule has 1 aromatic rings. The highest BCUT2D eigenvalue weighted by atomic mass is 16.7. The summed E-state index contributed by atoms with van der Waals surface area (Å²) in [4.78, 5) is 6.70. The van der Waals surface area contributed by atoms with Crippen LogP contribution in [0.15, 0.2) is 24.5 Å². The van der Waals surface area contributed by atoms with Crippen LogP contribution in [0.1, 0.15) is 44.1 Å². The van der Waals surface area contributed by atoms with Gasteiger partial charge in [-0.15, -0.1) is 0 Å². The molecule has 0 unspecified atom stereocenters. The third-order valence-corrected chi connectivity index (χ3v) is 6.09. The monoisotopic (exact) mass is 345 g/mol. The molecule has 3 aliphatic rings. The van der Waals surface area contributed by atoms with Crippen molar-refractivity contribution in [2.75, 3.05) is 32.8 Å². The predicted molar refractivity (Wildman–Crippen MR) is 97.4 cm³/mol. The summed E-state index contributed by atoms with van der Waals surface area (Å²) in [6.45, 7) is 5.14. The highest BCUT2D eigenvalue weighted by Crippen LogP contribution is 2.36. The molecule has 3 heterocycles.